The van der Waals surface area contributed by atoms with E-state index in [1.54, 1.807) is 18.4 Å². The molecule has 1 N–H and O–H groups in total. The van der Waals surface area contributed by atoms with Gasteiger partial charge in [0.05, 0.1) is 11.9 Å². The zero-order valence-electron chi connectivity index (χ0n) is 13.9. The maximum absolute atomic E-state index is 12.1. The molecule has 2 heterocycles. The van der Waals surface area contributed by atoms with E-state index < -0.39 is 0 Å². The van der Waals surface area contributed by atoms with Crippen molar-refractivity contribution in [1.82, 2.24) is 20.1 Å². The average Bonchev–Trinajstić information content (AvgIpc) is 3.13. The van der Waals surface area contributed by atoms with Crippen molar-refractivity contribution in [1.29, 1.82) is 0 Å². The van der Waals surface area contributed by atoms with Crippen molar-refractivity contribution in [3.63, 3.8) is 0 Å². The minimum absolute atomic E-state index is 0.00204. The highest BCUT2D eigenvalue weighted by molar-refractivity contribution is 8.00. The SMILES string of the molecule is COCCNC(=O)[C@@H](C)Sc1nnc(Cc2cccs2)n1C1CC1. The van der Waals surface area contributed by atoms with Crippen LogP contribution >= 0.6 is 23.1 Å². The Kier molecular flexibility index (Phi) is 5.91. The number of hydrogen-bond donors (Lipinski definition) is 1. The van der Waals surface area contributed by atoms with Gasteiger partial charge in [-0.15, -0.1) is 21.5 Å². The molecule has 2 aromatic heterocycles. The molecule has 0 saturated heterocycles. The van der Waals surface area contributed by atoms with E-state index in [9.17, 15) is 4.79 Å². The normalized spacial score (nSPS) is 15.4. The summed E-state index contributed by atoms with van der Waals surface area (Å²) in [6.07, 6.45) is 3.13. The molecule has 1 saturated carbocycles. The largest absolute Gasteiger partial charge is 0.383 e. The first-order chi connectivity index (χ1) is 11.7. The lowest BCUT2D eigenvalue weighted by Crippen LogP contribution is -2.33. The Bertz CT molecular complexity index is 668. The molecule has 0 radical (unpaired) electrons. The van der Waals surface area contributed by atoms with Crippen molar-refractivity contribution in [2.75, 3.05) is 20.3 Å². The van der Waals surface area contributed by atoms with Gasteiger partial charge in [0.25, 0.3) is 0 Å². The van der Waals surface area contributed by atoms with Crippen molar-refractivity contribution >= 4 is 29.0 Å². The summed E-state index contributed by atoms with van der Waals surface area (Å²) in [5.74, 6) is 0.997. The number of thiophene rings is 1. The molecule has 2 aromatic rings. The minimum atomic E-state index is -0.210. The van der Waals surface area contributed by atoms with Gasteiger partial charge < -0.3 is 14.6 Å². The standard InChI is InChI=1S/C16H22N4O2S2/c1-11(15(21)17-7-8-22-2)24-16-19-18-14(20(16)12-5-6-12)10-13-4-3-9-23-13/h3-4,9,11-12H,5-8,10H2,1-2H3,(H,17,21)/t11-/m1/s1. The summed E-state index contributed by atoms with van der Waals surface area (Å²) < 4.78 is 7.18. The van der Waals surface area contributed by atoms with Gasteiger partial charge in [-0.25, -0.2) is 0 Å². The summed E-state index contributed by atoms with van der Waals surface area (Å²) in [5.41, 5.74) is 0. The topological polar surface area (TPSA) is 69.0 Å². The first-order valence-electron chi connectivity index (χ1n) is 8.08. The number of nitrogens with zero attached hydrogens (tertiary/aromatic N) is 3. The second-order valence-electron chi connectivity index (χ2n) is 5.80. The molecular formula is C16H22N4O2S2. The van der Waals surface area contributed by atoms with E-state index in [1.807, 2.05) is 6.92 Å². The lowest BCUT2D eigenvalue weighted by atomic mass is 10.3. The zero-order chi connectivity index (χ0) is 16.9. The molecule has 0 aliphatic heterocycles. The number of rotatable bonds is 9. The second kappa shape index (κ2) is 8.13. The summed E-state index contributed by atoms with van der Waals surface area (Å²) >= 11 is 3.21. The van der Waals surface area contributed by atoms with E-state index in [-0.39, 0.29) is 11.2 Å². The first-order valence-corrected chi connectivity index (χ1v) is 9.84. The average molecular weight is 367 g/mol. The van der Waals surface area contributed by atoms with Crippen LogP contribution in [-0.2, 0) is 16.0 Å². The van der Waals surface area contributed by atoms with Gasteiger partial charge in [0, 0.05) is 31.0 Å². The van der Waals surface area contributed by atoms with Gasteiger partial charge in [0.1, 0.15) is 5.82 Å². The highest BCUT2D eigenvalue weighted by atomic mass is 32.2. The molecular weight excluding hydrogens is 344 g/mol. The molecule has 3 rings (SSSR count). The summed E-state index contributed by atoms with van der Waals surface area (Å²) in [7, 11) is 1.62. The molecule has 24 heavy (non-hydrogen) atoms. The molecule has 1 fully saturated rings. The Hall–Kier alpha value is -1.38. The first kappa shape index (κ1) is 17.4. The maximum Gasteiger partial charge on any atom is 0.233 e. The monoisotopic (exact) mass is 366 g/mol. The van der Waals surface area contributed by atoms with Gasteiger partial charge in [-0.05, 0) is 31.2 Å². The molecule has 0 spiro atoms. The van der Waals surface area contributed by atoms with E-state index >= 15 is 0 Å². The molecule has 6 nitrogen and oxygen atoms in total. The Morgan fingerprint density at radius 1 is 1.54 bits per heavy atom. The third-order valence-electron chi connectivity index (χ3n) is 3.82. The summed E-state index contributed by atoms with van der Waals surface area (Å²) in [6.45, 7) is 2.95. The van der Waals surface area contributed by atoms with Gasteiger partial charge in [-0.3, -0.25) is 4.79 Å². The Labute approximate surface area is 150 Å². The van der Waals surface area contributed by atoms with Crippen molar-refractivity contribution < 1.29 is 9.53 Å². The Morgan fingerprint density at radius 3 is 3.04 bits per heavy atom. The fraction of sp³-hybridized carbons (Fsp3) is 0.562. The molecule has 0 unspecified atom stereocenters. The lowest BCUT2D eigenvalue weighted by Gasteiger charge is -2.13. The number of carbonyl (C=O) groups excluding carboxylic acids is 1. The zero-order valence-corrected chi connectivity index (χ0v) is 15.5. The summed E-state index contributed by atoms with van der Waals surface area (Å²) in [6, 6.07) is 4.66. The van der Waals surface area contributed by atoms with Crippen LogP contribution in [0.25, 0.3) is 0 Å². The van der Waals surface area contributed by atoms with E-state index in [4.69, 9.17) is 4.74 Å². The highest BCUT2D eigenvalue weighted by Gasteiger charge is 2.31. The summed E-state index contributed by atoms with van der Waals surface area (Å²) in [5, 5.41) is 14.3. The molecule has 1 atom stereocenters. The van der Waals surface area contributed by atoms with Crippen LogP contribution in [0.1, 0.15) is 36.5 Å². The van der Waals surface area contributed by atoms with Gasteiger partial charge in [-0.1, -0.05) is 17.8 Å². The van der Waals surface area contributed by atoms with Gasteiger partial charge in [0.2, 0.25) is 5.91 Å². The third kappa shape index (κ3) is 4.37. The van der Waals surface area contributed by atoms with Gasteiger partial charge >= 0.3 is 0 Å². The van der Waals surface area contributed by atoms with E-state index in [0.29, 0.717) is 19.2 Å². The molecule has 1 aliphatic rings. The van der Waals surface area contributed by atoms with Gasteiger partial charge in [0.15, 0.2) is 5.16 Å². The number of amides is 1. The number of hydrogen-bond acceptors (Lipinski definition) is 6. The quantitative estimate of drug-likeness (QED) is 0.545. The van der Waals surface area contributed by atoms with Crippen molar-refractivity contribution in [2.24, 2.45) is 0 Å². The van der Waals surface area contributed by atoms with Crippen LogP contribution in [0.4, 0.5) is 0 Å². The van der Waals surface area contributed by atoms with E-state index in [2.05, 4.69) is 37.6 Å². The van der Waals surface area contributed by atoms with Crippen LogP contribution in [0.15, 0.2) is 22.7 Å². The number of ether oxygens (including phenoxy) is 1. The van der Waals surface area contributed by atoms with E-state index in [0.717, 1.165) is 30.2 Å². The van der Waals surface area contributed by atoms with Crippen LogP contribution in [0.5, 0.6) is 0 Å². The Morgan fingerprint density at radius 2 is 2.38 bits per heavy atom. The maximum atomic E-state index is 12.1. The number of aromatic nitrogens is 3. The minimum Gasteiger partial charge on any atom is -0.383 e. The van der Waals surface area contributed by atoms with E-state index in [1.165, 1.54) is 16.6 Å². The fourth-order valence-corrected chi connectivity index (χ4v) is 4.07. The van der Waals surface area contributed by atoms with Gasteiger partial charge in [-0.2, -0.15) is 0 Å². The van der Waals surface area contributed by atoms with Crippen molar-refractivity contribution in [2.45, 2.75) is 42.6 Å². The summed E-state index contributed by atoms with van der Waals surface area (Å²) in [4.78, 5) is 13.4. The molecule has 130 valence electrons. The second-order valence-corrected chi connectivity index (χ2v) is 8.14. The number of nitrogens with one attached hydrogen (secondary N) is 1. The van der Waals surface area contributed by atoms with Crippen LogP contribution in [0.3, 0.4) is 0 Å². The van der Waals surface area contributed by atoms with Crippen LogP contribution in [0, 0.1) is 0 Å². The highest BCUT2D eigenvalue weighted by Crippen LogP contribution is 2.40. The molecule has 1 aliphatic carbocycles. The smallest absolute Gasteiger partial charge is 0.233 e. The molecule has 0 bridgehead atoms. The lowest BCUT2D eigenvalue weighted by molar-refractivity contribution is -0.120. The molecule has 1 amide bonds. The van der Waals surface area contributed by atoms with Crippen LogP contribution in [0.2, 0.25) is 0 Å². The van der Waals surface area contributed by atoms with Crippen molar-refractivity contribution in [3.8, 4) is 0 Å². The Balaban J connectivity index is 1.67. The number of carbonyl (C=O) groups is 1. The molecule has 8 heteroatoms. The van der Waals surface area contributed by atoms with Crippen LogP contribution in [-0.4, -0.2) is 46.2 Å². The third-order valence-corrected chi connectivity index (χ3v) is 5.75. The number of methoxy groups -OCH3 is 1. The molecule has 0 aromatic carbocycles. The predicted molar refractivity (Wildman–Crippen MR) is 95.6 cm³/mol. The van der Waals surface area contributed by atoms with Crippen LogP contribution < -0.4 is 5.32 Å². The predicted octanol–water partition coefficient (Wildman–Crippen LogP) is 2.51. The fourth-order valence-electron chi connectivity index (χ4n) is 2.41. The van der Waals surface area contributed by atoms with Crippen molar-refractivity contribution in [3.05, 3.63) is 28.2 Å². The number of thioether (sulfide) groups is 1.